The normalized spacial score (nSPS) is 13.6. The molecule has 0 saturated heterocycles. The molecule has 7 heteroatoms. The topological polar surface area (TPSA) is 84.0 Å². The van der Waals surface area contributed by atoms with E-state index in [1.807, 2.05) is 6.92 Å². The first-order chi connectivity index (χ1) is 7.95. The molecule has 1 atom stereocenters. The van der Waals surface area contributed by atoms with Crippen LogP contribution in [-0.4, -0.2) is 37.2 Å². The summed E-state index contributed by atoms with van der Waals surface area (Å²) in [6.07, 6.45) is 3.18. The standard InChI is InChI=1S/C10H18N4O2S/c1-8-4-13-10(6-12-8)7-14-17(15,16)9(2)5-11-3/h4,6,9,11,14H,5,7H2,1-3H3. The zero-order valence-electron chi connectivity index (χ0n) is 10.3. The highest BCUT2D eigenvalue weighted by Gasteiger charge is 2.19. The molecular weight excluding hydrogens is 240 g/mol. The van der Waals surface area contributed by atoms with Crippen LogP contribution < -0.4 is 10.0 Å². The first kappa shape index (κ1) is 14.0. The molecule has 0 aliphatic carbocycles. The number of nitrogens with zero attached hydrogens (tertiary/aromatic N) is 2. The van der Waals surface area contributed by atoms with Crippen LogP contribution in [0.25, 0.3) is 0 Å². The van der Waals surface area contributed by atoms with Crippen LogP contribution in [0.5, 0.6) is 0 Å². The molecule has 0 aromatic carbocycles. The maximum Gasteiger partial charge on any atom is 0.215 e. The minimum atomic E-state index is -3.31. The van der Waals surface area contributed by atoms with Gasteiger partial charge in [-0.2, -0.15) is 0 Å². The van der Waals surface area contributed by atoms with Crippen LogP contribution in [0.2, 0.25) is 0 Å². The first-order valence-corrected chi connectivity index (χ1v) is 6.91. The van der Waals surface area contributed by atoms with Gasteiger partial charge in [0.15, 0.2) is 0 Å². The van der Waals surface area contributed by atoms with Gasteiger partial charge >= 0.3 is 0 Å². The second kappa shape index (κ2) is 6.04. The lowest BCUT2D eigenvalue weighted by Crippen LogP contribution is -2.37. The molecule has 0 aliphatic rings. The minimum absolute atomic E-state index is 0.170. The van der Waals surface area contributed by atoms with E-state index >= 15 is 0 Å². The molecule has 17 heavy (non-hydrogen) atoms. The number of rotatable bonds is 6. The Kier molecular flexibility index (Phi) is 4.98. The van der Waals surface area contributed by atoms with Crippen molar-refractivity contribution in [3.05, 3.63) is 23.8 Å². The van der Waals surface area contributed by atoms with Crippen molar-refractivity contribution in [3.8, 4) is 0 Å². The molecule has 96 valence electrons. The summed E-state index contributed by atoms with van der Waals surface area (Å²) in [7, 11) is -1.59. The van der Waals surface area contributed by atoms with E-state index in [1.165, 1.54) is 0 Å². The lowest BCUT2D eigenvalue weighted by Gasteiger charge is -2.12. The van der Waals surface area contributed by atoms with E-state index < -0.39 is 15.3 Å². The molecule has 0 bridgehead atoms. The second-order valence-corrected chi connectivity index (χ2v) is 6.07. The molecule has 0 amide bonds. The van der Waals surface area contributed by atoms with Gasteiger partial charge in [0.05, 0.1) is 29.4 Å². The average molecular weight is 258 g/mol. The largest absolute Gasteiger partial charge is 0.318 e. The maximum absolute atomic E-state index is 11.8. The van der Waals surface area contributed by atoms with E-state index in [0.717, 1.165) is 5.69 Å². The molecule has 1 aromatic heterocycles. The maximum atomic E-state index is 11.8. The van der Waals surface area contributed by atoms with Crippen LogP contribution in [0.1, 0.15) is 18.3 Å². The molecule has 0 aliphatic heterocycles. The Balaban J connectivity index is 2.58. The Morgan fingerprint density at radius 3 is 2.59 bits per heavy atom. The Morgan fingerprint density at radius 1 is 1.35 bits per heavy atom. The van der Waals surface area contributed by atoms with Gasteiger partial charge in [0, 0.05) is 12.7 Å². The summed E-state index contributed by atoms with van der Waals surface area (Å²) in [5.74, 6) is 0. The molecule has 6 nitrogen and oxygen atoms in total. The van der Waals surface area contributed by atoms with Gasteiger partial charge in [0.25, 0.3) is 0 Å². The second-order valence-electron chi connectivity index (χ2n) is 3.88. The van der Waals surface area contributed by atoms with Crippen molar-refractivity contribution >= 4 is 10.0 Å². The van der Waals surface area contributed by atoms with Crippen molar-refractivity contribution in [1.82, 2.24) is 20.0 Å². The predicted molar refractivity (Wildman–Crippen MR) is 65.9 cm³/mol. The van der Waals surface area contributed by atoms with Crippen LogP contribution in [-0.2, 0) is 16.6 Å². The van der Waals surface area contributed by atoms with Gasteiger partial charge in [-0.3, -0.25) is 9.97 Å². The van der Waals surface area contributed by atoms with E-state index in [-0.39, 0.29) is 6.54 Å². The molecule has 1 unspecified atom stereocenters. The van der Waals surface area contributed by atoms with Gasteiger partial charge in [-0.1, -0.05) is 0 Å². The van der Waals surface area contributed by atoms with Crippen molar-refractivity contribution in [2.45, 2.75) is 25.6 Å². The van der Waals surface area contributed by atoms with Gasteiger partial charge < -0.3 is 5.32 Å². The highest BCUT2D eigenvalue weighted by Crippen LogP contribution is 1.99. The number of sulfonamides is 1. The van der Waals surface area contributed by atoms with Gasteiger partial charge in [-0.05, 0) is 20.9 Å². The highest BCUT2D eigenvalue weighted by atomic mass is 32.2. The zero-order valence-corrected chi connectivity index (χ0v) is 11.1. The fraction of sp³-hybridized carbons (Fsp3) is 0.600. The Morgan fingerprint density at radius 2 is 2.06 bits per heavy atom. The molecular formula is C10H18N4O2S. The van der Waals surface area contributed by atoms with Crippen molar-refractivity contribution in [2.24, 2.45) is 0 Å². The molecule has 1 aromatic rings. The third-order valence-corrected chi connectivity index (χ3v) is 4.08. The summed E-state index contributed by atoms with van der Waals surface area (Å²) in [6, 6.07) is 0. The lowest BCUT2D eigenvalue weighted by atomic mass is 10.4. The molecule has 2 N–H and O–H groups in total. The van der Waals surface area contributed by atoms with Crippen LogP contribution in [0.3, 0.4) is 0 Å². The van der Waals surface area contributed by atoms with E-state index in [4.69, 9.17) is 0 Å². The summed E-state index contributed by atoms with van der Waals surface area (Å²) in [4.78, 5) is 8.13. The zero-order chi connectivity index (χ0) is 12.9. The van der Waals surface area contributed by atoms with Gasteiger partial charge in [-0.15, -0.1) is 0 Å². The van der Waals surface area contributed by atoms with Gasteiger partial charge in [0.1, 0.15) is 0 Å². The molecule has 1 rings (SSSR count). The third-order valence-electron chi connectivity index (χ3n) is 2.31. The van der Waals surface area contributed by atoms with Crippen LogP contribution in [0, 0.1) is 6.92 Å². The van der Waals surface area contributed by atoms with E-state index in [0.29, 0.717) is 12.2 Å². The van der Waals surface area contributed by atoms with E-state index in [1.54, 1.807) is 26.4 Å². The minimum Gasteiger partial charge on any atom is -0.318 e. The van der Waals surface area contributed by atoms with Crippen molar-refractivity contribution in [3.63, 3.8) is 0 Å². The molecule has 0 saturated carbocycles. The van der Waals surface area contributed by atoms with Crippen LogP contribution in [0.15, 0.2) is 12.4 Å². The SMILES string of the molecule is CNCC(C)S(=O)(=O)NCc1cnc(C)cn1. The van der Waals surface area contributed by atoms with Crippen molar-refractivity contribution < 1.29 is 8.42 Å². The van der Waals surface area contributed by atoms with Gasteiger partial charge in [-0.25, -0.2) is 13.1 Å². The van der Waals surface area contributed by atoms with E-state index in [9.17, 15) is 8.42 Å². The quantitative estimate of drug-likeness (QED) is 0.739. The fourth-order valence-electron chi connectivity index (χ4n) is 1.22. The smallest absolute Gasteiger partial charge is 0.215 e. The van der Waals surface area contributed by atoms with Crippen LogP contribution in [0.4, 0.5) is 0 Å². The number of nitrogens with one attached hydrogen (secondary N) is 2. The number of aromatic nitrogens is 2. The summed E-state index contributed by atoms with van der Waals surface area (Å²) >= 11 is 0. The monoisotopic (exact) mass is 258 g/mol. The van der Waals surface area contributed by atoms with Crippen molar-refractivity contribution in [1.29, 1.82) is 0 Å². The molecule has 0 spiro atoms. The lowest BCUT2D eigenvalue weighted by molar-refractivity contribution is 0.562. The third kappa shape index (κ3) is 4.37. The fourth-order valence-corrected chi connectivity index (χ4v) is 2.24. The summed E-state index contributed by atoms with van der Waals surface area (Å²) < 4.78 is 26.0. The summed E-state index contributed by atoms with van der Waals surface area (Å²) in [5, 5.41) is 2.35. The molecule has 0 fully saturated rings. The highest BCUT2D eigenvalue weighted by molar-refractivity contribution is 7.90. The molecule has 0 radical (unpaired) electrons. The van der Waals surface area contributed by atoms with E-state index in [2.05, 4.69) is 20.0 Å². The number of hydrogen-bond donors (Lipinski definition) is 2. The number of aryl methyl sites for hydroxylation is 1. The number of hydrogen-bond acceptors (Lipinski definition) is 5. The summed E-state index contributed by atoms with van der Waals surface area (Å²) in [6.45, 7) is 4.06. The average Bonchev–Trinajstić information content (AvgIpc) is 2.29. The predicted octanol–water partition coefficient (Wildman–Crippen LogP) is -0.188. The van der Waals surface area contributed by atoms with Crippen molar-refractivity contribution in [2.75, 3.05) is 13.6 Å². The Hall–Kier alpha value is -1.05. The Bertz CT molecular complexity index is 444. The first-order valence-electron chi connectivity index (χ1n) is 5.36. The van der Waals surface area contributed by atoms with Gasteiger partial charge in [0.2, 0.25) is 10.0 Å². The molecule has 1 heterocycles. The summed E-state index contributed by atoms with van der Waals surface area (Å²) in [5.41, 5.74) is 1.41. The van der Waals surface area contributed by atoms with Crippen LogP contribution >= 0.6 is 0 Å². The Labute approximate surface area is 102 Å².